The van der Waals surface area contributed by atoms with Crippen LogP contribution in [0.1, 0.15) is 77.0 Å². The third-order valence-electron chi connectivity index (χ3n) is 7.15. The molecule has 2 fully saturated rings. The number of pyridine rings is 1. The van der Waals surface area contributed by atoms with Crippen LogP contribution in [0.15, 0.2) is 30.3 Å². The van der Waals surface area contributed by atoms with Gasteiger partial charge in [-0.15, -0.1) is 0 Å². The number of ether oxygens (including phenoxy) is 2. The largest absolute Gasteiger partial charge is 0.454 e. The highest BCUT2D eigenvalue weighted by molar-refractivity contribution is 5.96. The SMILES string of the molecule is Cc1ccc(C(=O)N2CCCCC2C)c(C2CCN(C(=O)c3ccc4c(c3)OCO4)CC2)n1. The Morgan fingerprint density at radius 2 is 1.73 bits per heavy atom. The van der Waals surface area contributed by atoms with E-state index < -0.39 is 0 Å². The molecule has 1 aromatic heterocycles. The standard InChI is InChI=1S/C26H31N3O4/c1-17-6-8-21(26(31)29-12-4-3-5-18(29)2)24(27-17)19-10-13-28(14-11-19)25(30)20-7-9-22-23(15-20)33-16-32-22/h6-9,15,18-19H,3-5,10-14,16H2,1-2H3. The first-order valence-corrected chi connectivity index (χ1v) is 12.0. The number of fused-ring (bicyclic) bond motifs is 1. The normalized spacial score (nSPS) is 20.7. The van der Waals surface area contributed by atoms with Gasteiger partial charge in [0.25, 0.3) is 11.8 Å². The minimum atomic E-state index is 0.00222. The van der Waals surface area contributed by atoms with Crippen molar-refractivity contribution in [3.63, 3.8) is 0 Å². The van der Waals surface area contributed by atoms with E-state index in [2.05, 4.69) is 6.92 Å². The van der Waals surface area contributed by atoms with Crippen LogP contribution in [0.2, 0.25) is 0 Å². The average Bonchev–Trinajstić information content (AvgIpc) is 3.31. The maximum absolute atomic E-state index is 13.4. The summed E-state index contributed by atoms with van der Waals surface area (Å²) in [6.45, 7) is 6.40. The lowest BCUT2D eigenvalue weighted by Gasteiger charge is -2.35. The van der Waals surface area contributed by atoms with Gasteiger partial charge in [-0.3, -0.25) is 14.6 Å². The average molecular weight is 450 g/mol. The zero-order valence-corrected chi connectivity index (χ0v) is 19.4. The van der Waals surface area contributed by atoms with Gasteiger partial charge in [-0.25, -0.2) is 0 Å². The molecule has 0 radical (unpaired) electrons. The van der Waals surface area contributed by atoms with Crippen LogP contribution in [-0.2, 0) is 0 Å². The molecular formula is C26H31N3O4. The molecule has 2 saturated heterocycles. The second-order valence-corrected chi connectivity index (χ2v) is 9.36. The summed E-state index contributed by atoms with van der Waals surface area (Å²) in [5.74, 6) is 1.57. The molecule has 7 nitrogen and oxygen atoms in total. The molecule has 7 heteroatoms. The molecule has 0 bridgehead atoms. The lowest BCUT2D eigenvalue weighted by atomic mass is 9.89. The number of rotatable bonds is 3. The van der Waals surface area contributed by atoms with Gasteiger partial charge in [0.1, 0.15) is 0 Å². The Hall–Kier alpha value is -3.09. The Balaban J connectivity index is 1.30. The van der Waals surface area contributed by atoms with Gasteiger partial charge in [0.15, 0.2) is 11.5 Å². The smallest absolute Gasteiger partial charge is 0.255 e. The molecule has 0 spiro atoms. The summed E-state index contributed by atoms with van der Waals surface area (Å²) in [6, 6.07) is 9.49. The van der Waals surface area contributed by atoms with Gasteiger partial charge in [-0.05, 0) is 76.3 Å². The van der Waals surface area contributed by atoms with Crippen molar-refractivity contribution in [1.29, 1.82) is 0 Å². The van der Waals surface area contributed by atoms with E-state index in [0.717, 1.165) is 49.2 Å². The summed E-state index contributed by atoms with van der Waals surface area (Å²) in [5.41, 5.74) is 3.16. The maximum Gasteiger partial charge on any atom is 0.255 e. The number of benzene rings is 1. The van der Waals surface area contributed by atoms with Crippen LogP contribution in [0.25, 0.3) is 0 Å². The van der Waals surface area contributed by atoms with Crippen LogP contribution in [-0.4, -0.2) is 59.1 Å². The quantitative estimate of drug-likeness (QED) is 0.704. The summed E-state index contributed by atoms with van der Waals surface area (Å²) in [7, 11) is 0. The van der Waals surface area contributed by atoms with E-state index in [0.29, 0.717) is 30.2 Å². The number of carbonyl (C=O) groups is 2. The van der Waals surface area contributed by atoms with Gasteiger partial charge in [-0.2, -0.15) is 0 Å². The van der Waals surface area contributed by atoms with Crippen LogP contribution in [0.3, 0.4) is 0 Å². The van der Waals surface area contributed by atoms with Crippen molar-refractivity contribution in [2.24, 2.45) is 0 Å². The Morgan fingerprint density at radius 3 is 2.52 bits per heavy atom. The first-order valence-electron chi connectivity index (χ1n) is 12.0. The van der Waals surface area contributed by atoms with Gasteiger partial charge in [-0.1, -0.05) is 0 Å². The predicted octanol–water partition coefficient (Wildman–Crippen LogP) is 4.15. The highest BCUT2D eigenvalue weighted by Crippen LogP contribution is 2.34. The Labute approximate surface area is 194 Å². The van der Waals surface area contributed by atoms with Gasteiger partial charge in [0.05, 0.1) is 11.3 Å². The molecule has 2 aromatic rings. The fourth-order valence-electron chi connectivity index (χ4n) is 5.19. The predicted molar refractivity (Wildman–Crippen MR) is 124 cm³/mol. The van der Waals surface area contributed by atoms with Gasteiger partial charge in [0.2, 0.25) is 6.79 Å². The maximum atomic E-state index is 13.4. The minimum Gasteiger partial charge on any atom is -0.454 e. The van der Waals surface area contributed by atoms with Gasteiger partial charge < -0.3 is 19.3 Å². The number of amides is 2. The van der Waals surface area contributed by atoms with Crippen LogP contribution in [0.4, 0.5) is 0 Å². The van der Waals surface area contributed by atoms with Gasteiger partial charge in [0, 0.05) is 42.9 Å². The van der Waals surface area contributed by atoms with Crippen LogP contribution in [0.5, 0.6) is 11.5 Å². The summed E-state index contributed by atoms with van der Waals surface area (Å²) >= 11 is 0. The highest BCUT2D eigenvalue weighted by atomic mass is 16.7. The van der Waals surface area contributed by atoms with E-state index in [4.69, 9.17) is 14.5 Å². The molecule has 33 heavy (non-hydrogen) atoms. The van der Waals surface area contributed by atoms with E-state index in [1.165, 1.54) is 6.42 Å². The molecule has 2 amide bonds. The second kappa shape index (κ2) is 9.04. The topological polar surface area (TPSA) is 72.0 Å². The van der Waals surface area contributed by atoms with Crippen molar-refractivity contribution in [3.05, 3.63) is 52.8 Å². The Bertz CT molecular complexity index is 1060. The third-order valence-corrected chi connectivity index (χ3v) is 7.15. The highest BCUT2D eigenvalue weighted by Gasteiger charge is 2.32. The lowest BCUT2D eigenvalue weighted by molar-refractivity contribution is 0.0628. The summed E-state index contributed by atoms with van der Waals surface area (Å²) < 4.78 is 10.8. The second-order valence-electron chi connectivity index (χ2n) is 9.36. The molecule has 1 unspecified atom stereocenters. The van der Waals surface area contributed by atoms with E-state index in [-0.39, 0.29) is 30.6 Å². The molecule has 0 aliphatic carbocycles. The van der Waals surface area contributed by atoms with Crippen LogP contribution >= 0.6 is 0 Å². The minimum absolute atomic E-state index is 0.00222. The van der Waals surface area contributed by atoms with Gasteiger partial charge >= 0.3 is 0 Å². The van der Waals surface area contributed by atoms with E-state index in [1.807, 2.05) is 28.9 Å². The number of nitrogens with zero attached hydrogens (tertiary/aromatic N) is 3. The summed E-state index contributed by atoms with van der Waals surface area (Å²) in [4.78, 5) is 35.2. The number of aromatic nitrogens is 1. The van der Waals surface area contributed by atoms with Crippen LogP contribution < -0.4 is 9.47 Å². The first kappa shape index (κ1) is 21.7. The zero-order chi connectivity index (χ0) is 22.9. The zero-order valence-electron chi connectivity index (χ0n) is 19.4. The monoisotopic (exact) mass is 449 g/mol. The van der Waals surface area contributed by atoms with Crippen molar-refractivity contribution in [3.8, 4) is 11.5 Å². The van der Waals surface area contributed by atoms with Crippen molar-refractivity contribution in [1.82, 2.24) is 14.8 Å². The first-order chi connectivity index (χ1) is 16.0. The molecule has 0 N–H and O–H groups in total. The number of piperidine rings is 2. The third kappa shape index (κ3) is 4.28. The molecule has 1 aromatic carbocycles. The number of aryl methyl sites for hydroxylation is 1. The lowest BCUT2D eigenvalue weighted by Crippen LogP contribution is -2.43. The number of carbonyl (C=O) groups excluding carboxylic acids is 2. The van der Waals surface area contributed by atoms with Crippen molar-refractivity contribution < 1.29 is 19.1 Å². The van der Waals surface area contributed by atoms with E-state index in [1.54, 1.807) is 18.2 Å². The molecule has 174 valence electrons. The van der Waals surface area contributed by atoms with Crippen molar-refractivity contribution in [2.45, 2.75) is 57.9 Å². The molecule has 4 heterocycles. The Morgan fingerprint density at radius 1 is 0.939 bits per heavy atom. The van der Waals surface area contributed by atoms with Crippen molar-refractivity contribution >= 4 is 11.8 Å². The van der Waals surface area contributed by atoms with E-state index in [9.17, 15) is 9.59 Å². The van der Waals surface area contributed by atoms with E-state index >= 15 is 0 Å². The fourth-order valence-corrected chi connectivity index (χ4v) is 5.19. The molecular weight excluding hydrogens is 418 g/mol. The molecule has 3 aliphatic heterocycles. The number of likely N-dealkylation sites (tertiary alicyclic amines) is 2. The molecule has 0 saturated carbocycles. The fraction of sp³-hybridized carbons (Fsp3) is 0.500. The molecule has 5 rings (SSSR count). The summed E-state index contributed by atoms with van der Waals surface area (Å²) in [5, 5.41) is 0. The molecule has 3 aliphatic rings. The van der Waals surface area contributed by atoms with Crippen LogP contribution in [0, 0.1) is 6.92 Å². The molecule has 1 atom stereocenters. The summed E-state index contributed by atoms with van der Waals surface area (Å²) in [6.07, 6.45) is 4.89. The van der Waals surface area contributed by atoms with Crippen molar-refractivity contribution in [2.75, 3.05) is 26.4 Å². The Kier molecular flexibility index (Phi) is 5.96. The number of hydrogen-bond acceptors (Lipinski definition) is 5. The number of hydrogen-bond donors (Lipinski definition) is 0.